The number of aromatic nitrogens is 1. The molecule has 0 bridgehead atoms. The number of benzene rings is 1. The lowest BCUT2D eigenvalue weighted by Crippen LogP contribution is -2.15. The van der Waals surface area contributed by atoms with Gasteiger partial charge in [-0.2, -0.15) is 0 Å². The molecule has 1 fully saturated rings. The summed E-state index contributed by atoms with van der Waals surface area (Å²) < 4.78 is 1.01. The summed E-state index contributed by atoms with van der Waals surface area (Å²) in [7, 11) is 0. The minimum absolute atomic E-state index is 0.740. The van der Waals surface area contributed by atoms with Crippen LogP contribution in [-0.4, -0.2) is 11.0 Å². The van der Waals surface area contributed by atoms with E-state index in [4.69, 9.17) is 0 Å². The number of hydrogen-bond acceptors (Lipinski definition) is 3. The van der Waals surface area contributed by atoms with Gasteiger partial charge < -0.3 is 5.32 Å². The number of pyridine rings is 1. The van der Waals surface area contributed by atoms with Crippen molar-refractivity contribution in [2.75, 3.05) is 0 Å². The van der Waals surface area contributed by atoms with E-state index in [1.165, 1.54) is 23.3 Å². The Kier molecular flexibility index (Phi) is 4.21. The third kappa shape index (κ3) is 3.81. The predicted octanol–water partition coefficient (Wildman–Crippen LogP) is 4.25. The van der Waals surface area contributed by atoms with Crippen LogP contribution in [0.3, 0.4) is 0 Å². The molecule has 2 aromatic rings. The molecular formula is C15H15BrN2S. The lowest BCUT2D eigenvalue weighted by atomic mass is 10.2. The Morgan fingerprint density at radius 2 is 2.05 bits per heavy atom. The average molecular weight is 335 g/mol. The SMILES string of the molecule is Brc1ccc(Sc2ccccc2CNC2CC2)nc1. The zero-order valence-electron chi connectivity index (χ0n) is 10.5. The summed E-state index contributed by atoms with van der Waals surface area (Å²) in [5, 5.41) is 4.60. The van der Waals surface area contributed by atoms with Gasteiger partial charge in [0.25, 0.3) is 0 Å². The van der Waals surface area contributed by atoms with Gasteiger partial charge in [-0.15, -0.1) is 0 Å². The summed E-state index contributed by atoms with van der Waals surface area (Å²) in [6, 6.07) is 13.4. The molecule has 1 aliphatic carbocycles. The standard InChI is InChI=1S/C15H15BrN2S/c16-12-5-8-15(18-10-12)19-14-4-2-1-3-11(14)9-17-13-6-7-13/h1-5,8,10,13,17H,6-7,9H2. The van der Waals surface area contributed by atoms with Crippen molar-refractivity contribution in [1.29, 1.82) is 0 Å². The van der Waals surface area contributed by atoms with Gasteiger partial charge in [-0.1, -0.05) is 30.0 Å². The van der Waals surface area contributed by atoms with E-state index < -0.39 is 0 Å². The zero-order chi connectivity index (χ0) is 13.1. The van der Waals surface area contributed by atoms with Crippen LogP contribution >= 0.6 is 27.7 Å². The molecule has 0 aliphatic heterocycles. The maximum atomic E-state index is 4.42. The second kappa shape index (κ2) is 6.07. The zero-order valence-corrected chi connectivity index (χ0v) is 12.9. The lowest BCUT2D eigenvalue weighted by Gasteiger charge is -2.09. The molecule has 1 aromatic carbocycles. The van der Waals surface area contributed by atoms with E-state index in [2.05, 4.69) is 50.5 Å². The highest BCUT2D eigenvalue weighted by molar-refractivity contribution is 9.10. The monoisotopic (exact) mass is 334 g/mol. The molecule has 3 rings (SSSR count). The van der Waals surface area contributed by atoms with E-state index in [1.54, 1.807) is 11.8 Å². The minimum atomic E-state index is 0.740. The summed E-state index contributed by atoms with van der Waals surface area (Å²) in [5.41, 5.74) is 1.35. The molecule has 0 spiro atoms. The van der Waals surface area contributed by atoms with Crippen LogP contribution in [0.4, 0.5) is 0 Å². The molecule has 2 nitrogen and oxygen atoms in total. The van der Waals surface area contributed by atoms with Crippen molar-refractivity contribution in [3.63, 3.8) is 0 Å². The van der Waals surface area contributed by atoms with Crippen molar-refractivity contribution in [2.45, 2.75) is 35.3 Å². The van der Waals surface area contributed by atoms with Crippen LogP contribution in [0.25, 0.3) is 0 Å². The van der Waals surface area contributed by atoms with Gasteiger partial charge in [-0.25, -0.2) is 4.98 Å². The van der Waals surface area contributed by atoms with Gasteiger partial charge in [0.05, 0.1) is 0 Å². The van der Waals surface area contributed by atoms with Gasteiger partial charge in [0, 0.05) is 28.2 Å². The second-order valence-corrected chi connectivity index (χ2v) is 6.66. The van der Waals surface area contributed by atoms with Crippen molar-refractivity contribution < 1.29 is 0 Å². The number of nitrogens with one attached hydrogen (secondary N) is 1. The second-order valence-electron chi connectivity index (χ2n) is 4.68. The van der Waals surface area contributed by atoms with Gasteiger partial charge in [-0.05, 0) is 52.5 Å². The molecule has 19 heavy (non-hydrogen) atoms. The van der Waals surface area contributed by atoms with Gasteiger partial charge in [0.2, 0.25) is 0 Å². The van der Waals surface area contributed by atoms with Crippen LogP contribution in [-0.2, 0) is 6.54 Å². The molecule has 0 amide bonds. The van der Waals surface area contributed by atoms with E-state index in [9.17, 15) is 0 Å². The van der Waals surface area contributed by atoms with Gasteiger partial charge in [0.15, 0.2) is 0 Å². The Hall–Kier alpha value is -0.840. The van der Waals surface area contributed by atoms with Crippen LogP contribution in [0.5, 0.6) is 0 Å². The lowest BCUT2D eigenvalue weighted by molar-refractivity contribution is 0.680. The van der Waals surface area contributed by atoms with Crippen LogP contribution < -0.4 is 5.32 Å². The quantitative estimate of drug-likeness (QED) is 0.884. The van der Waals surface area contributed by atoms with Gasteiger partial charge in [0.1, 0.15) is 5.03 Å². The molecule has 1 saturated carbocycles. The Balaban J connectivity index is 1.73. The van der Waals surface area contributed by atoms with Crippen LogP contribution in [0.2, 0.25) is 0 Å². The molecule has 0 unspecified atom stereocenters. The van der Waals surface area contributed by atoms with E-state index in [-0.39, 0.29) is 0 Å². The Bertz CT molecular complexity index is 552. The van der Waals surface area contributed by atoms with Crippen molar-refractivity contribution in [3.8, 4) is 0 Å². The molecule has 0 atom stereocenters. The van der Waals surface area contributed by atoms with E-state index in [1.807, 2.05) is 18.3 Å². The van der Waals surface area contributed by atoms with Crippen molar-refractivity contribution in [1.82, 2.24) is 10.3 Å². The van der Waals surface area contributed by atoms with Crippen LogP contribution in [0.1, 0.15) is 18.4 Å². The Morgan fingerprint density at radius 1 is 1.21 bits per heavy atom. The van der Waals surface area contributed by atoms with Crippen molar-refractivity contribution in [2.24, 2.45) is 0 Å². The van der Waals surface area contributed by atoms with E-state index >= 15 is 0 Å². The summed E-state index contributed by atoms with van der Waals surface area (Å²) in [5.74, 6) is 0. The highest BCUT2D eigenvalue weighted by atomic mass is 79.9. The third-order valence-corrected chi connectivity index (χ3v) is 4.58. The fourth-order valence-electron chi connectivity index (χ4n) is 1.83. The fourth-order valence-corrected chi connectivity index (χ4v) is 2.95. The first-order valence-electron chi connectivity index (χ1n) is 6.42. The third-order valence-electron chi connectivity index (χ3n) is 3.05. The van der Waals surface area contributed by atoms with Crippen LogP contribution in [0, 0.1) is 0 Å². The minimum Gasteiger partial charge on any atom is -0.310 e. The largest absolute Gasteiger partial charge is 0.310 e. The predicted molar refractivity (Wildman–Crippen MR) is 82.4 cm³/mol. The van der Waals surface area contributed by atoms with E-state index in [0.29, 0.717) is 0 Å². The molecule has 1 N–H and O–H groups in total. The summed E-state index contributed by atoms with van der Waals surface area (Å²) >= 11 is 5.13. The molecule has 98 valence electrons. The van der Waals surface area contributed by atoms with Crippen molar-refractivity contribution >= 4 is 27.7 Å². The summed E-state index contributed by atoms with van der Waals surface area (Å²) in [6.07, 6.45) is 4.49. The highest BCUT2D eigenvalue weighted by Crippen LogP contribution is 2.30. The van der Waals surface area contributed by atoms with Crippen molar-refractivity contribution in [3.05, 3.63) is 52.6 Å². The molecular weight excluding hydrogens is 320 g/mol. The van der Waals surface area contributed by atoms with Crippen LogP contribution in [0.15, 0.2) is 57.0 Å². The van der Waals surface area contributed by atoms with Gasteiger partial charge in [-0.3, -0.25) is 0 Å². The van der Waals surface area contributed by atoms with Gasteiger partial charge >= 0.3 is 0 Å². The maximum Gasteiger partial charge on any atom is 0.101 e. The fraction of sp³-hybridized carbons (Fsp3) is 0.267. The first-order chi connectivity index (χ1) is 9.31. The summed E-state index contributed by atoms with van der Waals surface area (Å²) in [6.45, 7) is 0.949. The number of hydrogen-bond donors (Lipinski definition) is 1. The number of halogens is 1. The molecule has 4 heteroatoms. The molecule has 0 saturated heterocycles. The molecule has 1 aromatic heterocycles. The number of nitrogens with zero attached hydrogens (tertiary/aromatic N) is 1. The smallest absolute Gasteiger partial charge is 0.101 e. The maximum absolute atomic E-state index is 4.42. The topological polar surface area (TPSA) is 24.9 Å². The highest BCUT2D eigenvalue weighted by Gasteiger charge is 2.20. The molecule has 1 heterocycles. The normalized spacial score (nSPS) is 14.6. The molecule has 0 radical (unpaired) electrons. The summed E-state index contributed by atoms with van der Waals surface area (Å²) in [4.78, 5) is 5.70. The first kappa shape index (κ1) is 13.2. The Morgan fingerprint density at radius 3 is 2.79 bits per heavy atom. The molecule has 1 aliphatic rings. The Labute approximate surface area is 126 Å². The first-order valence-corrected chi connectivity index (χ1v) is 8.03. The van der Waals surface area contributed by atoms with E-state index in [0.717, 1.165) is 22.1 Å². The number of rotatable bonds is 5. The average Bonchev–Trinajstić information content (AvgIpc) is 3.25.